The Hall–Kier alpha value is -1.92. The molecule has 0 saturated heterocycles. The molecular formula is C18H21N3O2S. The molecule has 0 amide bonds. The quantitative estimate of drug-likeness (QED) is 0.931. The van der Waals surface area contributed by atoms with Crippen LogP contribution in [0.25, 0.3) is 6.08 Å². The maximum absolute atomic E-state index is 12.8. The zero-order chi connectivity index (χ0) is 16.7. The summed E-state index contributed by atoms with van der Waals surface area (Å²) >= 11 is 0. The first-order chi connectivity index (χ1) is 11.5. The Balaban J connectivity index is 1.53. The molecule has 2 heterocycles. The molecule has 1 aromatic heterocycles. The van der Waals surface area contributed by atoms with Gasteiger partial charge in [-0.25, -0.2) is 18.1 Å². The number of benzene rings is 1. The molecule has 2 aliphatic rings. The van der Waals surface area contributed by atoms with E-state index in [9.17, 15) is 8.42 Å². The van der Waals surface area contributed by atoms with Gasteiger partial charge in [-0.2, -0.15) is 0 Å². The van der Waals surface area contributed by atoms with Crippen molar-refractivity contribution in [3.8, 4) is 0 Å². The molecule has 1 aliphatic heterocycles. The molecule has 0 bridgehead atoms. The van der Waals surface area contributed by atoms with Crippen LogP contribution in [0.1, 0.15) is 35.5 Å². The van der Waals surface area contributed by atoms with E-state index in [1.807, 2.05) is 37.4 Å². The number of hydrogen-bond acceptors (Lipinski definition) is 3. The van der Waals surface area contributed by atoms with Gasteiger partial charge >= 0.3 is 0 Å². The summed E-state index contributed by atoms with van der Waals surface area (Å²) in [6.07, 6.45) is 6.75. The van der Waals surface area contributed by atoms with Gasteiger partial charge in [0.15, 0.2) is 0 Å². The van der Waals surface area contributed by atoms with Crippen LogP contribution in [0.4, 0.5) is 0 Å². The van der Waals surface area contributed by atoms with Crippen molar-refractivity contribution in [2.75, 3.05) is 0 Å². The number of nitrogens with one attached hydrogen (secondary N) is 1. The van der Waals surface area contributed by atoms with Crippen LogP contribution in [0.5, 0.6) is 0 Å². The standard InChI is InChI=1S/C18H21N3O2S/c1-13-11-21-12-16(7-9-18(21)19-13)20-24(22,23)17-8-6-14-4-2-3-5-15(14)10-17/h2-5,10-11,16,20H,6-9,12H2,1H3/t16-/m1/s1. The Bertz CT molecular complexity index is 912. The van der Waals surface area contributed by atoms with Gasteiger partial charge in [-0.05, 0) is 43.4 Å². The van der Waals surface area contributed by atoms with Gasteiger partial charge in [0.2, 0.25) is 10.0 Å². The van der Waals surface area contributed by atoms with Gasteiger partial charge in [-0.1, -0.05) is 24.3 Å². The number of aromatic nitrogens is 2. The van der Waals surface area contributed by atoms with Gasteiger partial charge in [0.1, 0.15) is 5.82 Å². The van der Waals surface area contributed by atoms with E-state index >= 15 is 0 Å². The Labute approximate surface area is 142 Å². The second-order valence-corrected chi connectivity index (χ2v) is 8.38. The Kier molecular flexibility index (Phi) is 3.81. The van der Waals surface area contributed by atoms with Crippen molar-refractivity contribution in [2.45, 2.75) is 45.2 Å². The lowest BCUT2D eigenvalue weighted by Crippen LogP contribution is -2.41. The molecule has 1 N–H and O–H groups in total. The fraction of sp³-hybridized carbons (Fsp3) is 0.389. The minimum Gasteiger partial charge on any atom is -0.333 e. The molecule has 24 heavy (non-hydrogen) atoms. The summed E-state index contributed by atoms with van der Waals surface area (Å²) in [6.45, 7) is 2.62. The summed E-state index contributed by atoms with van der Waals surface area (Å²) in [4.78, 5) is 4.97. The lowest BCUT2D eigenvalue weighted by Gasteiger charge is -2.26. The third-order valence-electron chi connectivity index (χ3n) is 4.79. The lowest BCUT2D eigenvalue weighted by atomic mass is 9.98. The summed E-state index contributed by atoms with van der Waals surface area (Å²) < 4.78 is 30.5. The summed E-state index contributed by atoms with van der Waals surface area (Å²) in [7, 11) is -3.44. The highest BCUT2D eigenvalue weighted by Crippen LogP contribution is 2.27. The molecule has 126 valence electrons. The van der Waals surface area contributed by atoms with E-state index in [4.69, 9.17) is 0 Å². The fourth-order valence-electron chi connectivity index (χ4n) is 3.60. The minimum absolute atomic E-state index is 0.0748. The van der Waals surface area contributed by atoms with Gasteiger partial charge in [0.25, 0.3) is 0 Å². The highest BCUT2D eigenvalue weighted by molar-refractivity contribution is 7.93. The van der Waals surface area contributed by atoms with E-state index in [1.165, 1.54) is 5.56 Å². The van der Waals surface area contributed by atoms with Crippen LogP contribution in [0.15, 0.2) is 35.4 Å². The van der Waals surface area contributed by atoms with Crippen molar-refractivity contribution >= 4 is 16.1 Å². The van der Waals surface area contributed by atoms with Gasteiger partial charge in [0.05, 0.1) is 10.6 Å². The van der Waals surface area contributed by atoms with Crippen LogP contribution in [0, 0.1) is 6.92 Å². The van der Waals surface area contributed by atoms with Crippen molar-refractivity contribution in [3.05, 3.63) is 58.0 Å². The highest BCUT2D eigenvalue weighted by atomic mass is 32.2. The van der Waals surface area contributed by atoms with Gasteiger partial charge < -0.3 is 4.57 Å². The topological polar surface area (TPSA) is 64.0 Å². The molecule has 1 aliphatic carbocycles. The molecule has 1 aromatic carbocycles. The summed E-state index contributed by atoms with van der Waals surface area (Å²) in [5.74, 6) is 1.05. The van der Waals surface area contributed by atoms with Crippen molar-refractivity contribution in [1.82, 2.24) is 14.3 Å². The number of sulfonamides is 1. The van der Waals surface area contributed by atoms with Crippen molar-refractivity contribution < 1.29 is 8.42 Å². The molecule has 0 fully saturated rings. The lowest BCUT2D eigenvalue weighted by molar-refractivity contribution is 0.422. The number of allylic oxidation sites excluding steroid dienone is 1. The Morgan fingerprint density at radius 3 is 2.92 bits per heavy atom. The molecular weight excluding hydrogens is 322 g/mol. The zero-order valence-corrected chi connectivity index (χ0v) is 14.5. The number of rotatable bonds is 3. The molecule has 0 radical (unpaired) electrons. The monoisotopic (exact) mass is 343 g/mol. The van der Waals surface area contributed by atoms with Crippen molar-refractivity contribution in [3.63, 3.8) is 0 Å². The summed E-state index contributed by atoms with van der Waals surface area (Å²) in [5, 5.41) is 0. The van der Waals surface area contributed by atoms with Crippen molar-refractivity contribution in [2.24, 2.45) is 0 Å². The second-order valence-electron chi connectivity index (χ2n) is 6.62. The third kappa shape index (κ3) is 2.91. The van der Waals surface area contributed by atoms with Crippen LogP contribution in [-0.2, 0) is 29.4 Å². The van der Waals surface area contributed by atoms with Gasteiger partial charge in [0, 0.05) is 25.2 Å². The number of aryl methyl sites for hydroxylation is 3. The molecule has 1 atom stereocenters. The van der Waals surface area contributed by atoms with Crippen molar-refractivity contribution in [1.29, 1.82) is 0 Å². The summed E-state index contributed by atoms with van der Waals surface area (Å²) in [5.41, 5.74) is 3.22. The zero-order valence-electron chi connectivity index (χ0n) is 13.7. The van der Waals surface area contributed by atoms with Crippen LogP contribution in [0.3, 0.4) is 0 Å². The first-order valence-electron chi connectivity index (χ1n) is 8.35. The number of nitrogens with zero attached hydrogens (tertiary/aromatic N) is 2. The first kappa shape index (κ1) is 15.6. The molecule has 0 saturated carbocycles. The van der Waals surface area contributed by atoms with E-state index in [-0.39, 0.29) is 6.04 Å². The molecule has 0 unspecified atom stereocenters. The third-order valence-corrected chi connectivity index (χ3v) is 6.45. The van der Waals surface area contributed by atoms with E-state index in [2.05, 4.69) is 20.3 Å². The fourth-order valence-corrected chi connectivity index (χ4v) is 5.03. The van der Waals surface area contributed by atoms with Gasteiger partial charge in [-0.3, -0.25) is 0 Å². The van der Waals surface area contributed by atoms with Crippen LogP contribution < -0.4 is 4.72 Å². The average Bonchev–Trinajstić information content (AvgIpc) is 2.93. The molecule has 0 spiro atoms. The van der Waals surface area contributed by atoms with E-state index in [0.717, 1.165) is 36.3 Å². The number of imidazole rings is 1. The highest BCUT2D eigenvalue weighted by Gasteiger charge is 2.27. The maximum Gasteiger partial charge on any atom is 0.237 e. The first-order valence-corrected chi connectivity index (χ1v) is 9.83. The van der Waals surface area contributed by atoms with Gasteiger partial charge in [-0.15, -0.1) is 0 Å². The molecule has 4 rings (SSSR count). The largest absolute Gasteiger partial charge is 0.333 e. The SMILES string of the molecule is Cc1cn2c(n1)CC[C@@H](NS(=O)(=O)C1=Cc3ccccc3CC1)C2. The summed E-state index contributed by atoms with van der Waals surface area (Å²) in [6, 6.07) is 7.91. The molecule has 5 nitrogen and oxygen atoms in total. The Morgan fingerprint density at radius 2 is 2.04 bits per heavy atom. The van der Waals surface area contributed by atoms with Crippen LogP contribution in [-0.4, -0.2) is 24.0 Å². The normalized spacial score (nSPS) is 20.2. The molecule has 6 heteroatoms. The van der Waals surface area contributed by atoms with E-state index in [1.54, 1.807) is 0 Å². The average molecular weight is 343 g/mol. The predicted octanol–water partition coefficient (Wildman–Crippen LogP) is 2.41. The minimum atomic E-state index is -3.44. The smallest absolute Gasteiger partial charge is 0.237 e. The second kappa shape index (κ2) is 5.86. The van der Waals surface area contributed by atoms with Crippen LogP contribution >= 0.6 is 0 Å². The predicted molar refractivity (Wildman–Crippen MR) is 93.9 cm³/mol. The number of fused-ring (bicyclic) bond motifs is 2. The maximum atomic E-state index is 12.8. The Morgan fingerprint density at radius 1 is 1.21 bits per heavy atom. The number of hydrogen-bond donors (Lipinski definition) is 1. The van der Waals surface area contributed by atoms with E-state index < -0.39 is 10.0 Å². The van der Waals surface area contributed by atoms with E-state index in [0.29, 0.717) is 17.9 Å². The molecule has 2 aromatic rings. The van der Waals surface area contributed by atoms with Crippen LogP contribution in [0.2, 0.25) is 0 Å².